The van der Waals surface area contributed by atoms with Gasteiger partial charge in [-0.05, 0) is 44.4 Å². The van der Waals surface area contributed by atoms with Crippen molar-refractivity contribution < 1.29 is 14.3 Å². The number of aliphatic imine (C=N–C) groups is 1. The van der Waals surface area contributed by atoms with E-state index in [0.29, 0.717) is 29.3 Å². The van der Waals surface area contributed by atoms with Crippen LogP contribution in [0.4, 0.5) is 0 Å². The first-order valence-corrected chi connectivity index (χ1v) is 8.64. The summed E-state index contributed by atoms with van der Waals surface area (Å²) in [4.78, 5) is 29.8. The third kappa shape index (κ3) is 3.03. The van der Waals surface area contributed by atoms with E-state index in [1.165, 1.54) is 0 Å². The lowest BCUT2D eigenvalue weighted by Gasteiger charge is -2.34. The molecule has 0 saturated heterocycles. The van der Waals surface area contributed by atoms with Crippen LogP contribution < -0.4 is 0 Å². The fourth-order valence-corrected chi connectivity index (χ4v) is 3.80. The Kier molecular flexibility index (Phi) is 4.86. The van der Waals surface area contributed by atoms with E-state index in [1.54, 1.807) is 13.0 Å². The van der Waals surface area contributed by atoms with Crippen LogP contribution in [-0.2, 0) is 14.3 Å². The molecule has 3 rings (SSSR count). The van der Waals surface area contributed by atoms with Gasteiger partial charge in [0.15, 0.2) is 5.78 Å². The van der Waals surface area contributed by atoms with Gasteiger partial charge >= 0.3 is 5.97 Å². The van der Waals surface area contributed by atoms with Gasteiger partial charge < -0.3 is 4.74 Å². The standard InChI is InChI=1S/C19H20ClNO3/c1-3-24-19(23)16-11(2)21-14-8-5-9-15(22)18(14)17(16)12-6-4-7-13(20)10-12/h4,6-7,10,16-17H,3,5,8-9H2,1-2H3. The Morgan fingerprint density at radius 1 is 1.38 bits per heavy atom. The molecular weight excluding hydrogens is 326 g/mol. The van der Waals surface area contributed by atoms with Gasteiger partial charge in [0.2, 0.25) is 0 Å². The summed E-state index contributed by atoms with van der Waals surface area (Å²) in [6.07, 6.45) is 2.08. The van der Waals surface area contributed by atoms with Gasteiger partial charge in [0.25, 0.3) is 0 Å². The van der Waals surface area contributed by atoms with E-state index in [9.17, 15) is 9.59 Å². The van der Waals surface area contributed by atoms with Gasteiger partial charge in [0, 0.05) is 34.3 Å². The summed E-state index contributed by atoms with van der Waals surface area (Å²) < 4.78 is 5.26. The molecule has 0 amide bonds. The number of esters is 1. The van der Waals surface area contributed by atoms with Crippen molar-refractivity contribution >= 4 is 29.1 Å². The largest absolute Gasteiger partial charge is 0.465 e. The van der Waals surface area contributed by atoms with Crippen LogP contribution in [0.1, 0.15) is 44.6 Å². The quantitative estimate of drug-likeness (QED) is 0.775. The fraction of sp³-hybridized carbons (Fsp3) is 0.421. The average Bonchev–Trinajstić information content (AvgIpc) is 2.54. The highest BCUT2D eigenvalue weighted by Crippen LogP contribution is 2.43. The van der Waals surface area contributed by atoms with Gasteiger partial charge in [-0.3, -0.25) is 14.6 Å². The Labute approximate surface area is 146 Å². The third-order valence-electron chi connectivity index (χ3n) is 4.58. The number of hydrogen-bond acceptors (Lipinski definition) is 4. The molecule has 0 spiro atoms. The van der Waals surface area contributed by atoms with E-state index in [1.807, 2.05) is 25.1 Å². The molecule has 0 radical (unpaired) electrons. The van der Waals surface area contributed by atoms with E-state index in [0.717, 1.165) is 24.1 Å². The van der Waals surface area contributed by atoms with Gasteiger partial charge in [-0.25, -0.2) is 0 Å². The zero-order chi connectivity index (χ0) is 17.3. The number of benzene rings is 1. The Morgan fingerprint density at radius 2 is 2.17 bits per heavy atom. The van der Waals surface area contributed by atoms with Crippen LogP contribution in [0.2, 0.25) is 5.02 Å². The van der Waals surface area contributed by atoms with Crippen molar-refractivity contribution in [3.8, 4) is 0 Å². The number of Topliss-reactive ketones (excluding diaryl/α,β-unsaturated/α-hetero) is 1. The van der Waals surface area contributed by atoms with Crippen LogP contribution in [-0.4, -0.2) is 24.1 Å². The Morgan fingerprint density at radius 3 is 2.88 bits per heavy atom. The van der Waals surface area contributed by atoms with Crippen LogP contribution in [0.15, 0.2) is 40.5 Å². The van der Waals surface area contributed by atoms with Crippen molar-refractivity contribution in [1.82, 2.24) is 0 Å². The zero-order valence-corrected chi connectivity index (χ0v) is 14.6. The monoisotopic (exact) mass is 345 g/mol. The van der Waals surface area contributed by atoms with Crippen molar-refractivity contribution in [2.45, 2.75) is 39.0 Å². The highest BCUT2D eigenvalue weighted by Gasteiger charge is 2.43. The van der Waals surface area contributed by atoms with Gasteiger partial charge in [-0.2, -0.15) is 0 Å². The van der Waals surface area contributed by atoms with Crippen molar-refractivity contribution in [2.75, 3.05) is 6.61 Å². The number of carbonyl (C=O) groups is 2. The number of allylic oxidation sites excluding steroid dienone is 2. The molecule has 0 bridgehead atoms. The molecule has 2 unspecified atom stereocenters. The number of nitrogens with zero attached hydrogens (tertiary/aromatic N) is 1. The smallest absolute Gasteiger partial charge is 0.315 e. The minimum absolute atomic E-state index is 0.0757. The van der Waals surface area contributed by atoms with Crippen LogP contribution in [0.5, 0.6) is 0 Å². The molecule has 0 N–H and O–H groups in total. The Bertz CT molecular complexity index is 751. The maximum atomic E-state index is 12.6. The first kappa shape index (κ1) is 16.9. The normalized spacial score (nSPS) is 23.6. The predicted molar refractivity (Wildman–Crippen MR) is 93.3 cm³/mol. The second kappa shape index (κ2) is 6.89. The summed E-state index contributed by atoms with van der Waals surface area (Å²) in [7, 11) is 0. The summed E-state index contributed by atoms with van der Waals surface area (Å²) in [5, 5.41) is 0.584. The number of rotatable bonds is 3. The summed E-state index contributed by atoms with van der Waals surface area (Å²) in [5.74, 6) is -1.22. The lowest BCUT2D eigenvalue weighted by Crippen LogP contribution is -2.37. The molecule has 0 fully saturated rings. The first-order chi connectivity index (χ1) is 11.5. The van der Waals surface area contributed by atoms with Gasteiger partial charge in [-0.1, -0.05) is 23.7 Å². The number of hydrogen-bond donors (Lipinski definition) is 0. The topological polar surface area (TPSA) is 55.7 Å². The SMILES string of the molecule is CCOC(=O)C1C(C)=NC2=C(C(=O)CCC2)C1c1cccc(Cl)c1. The van der Waals surface area contributed by atoms with E-state index in [-0.39, 0.29) is 17.7 Å². The van der Waals surface area contributed by atoms with Gasteiger partial charge in [0.1, 0.15) is 5.92 Å². The number of ether oxygens (including phenoxy) is 1. The molecule has 2 aliphatic rings. The highest BCUT2D eigenvalue weighted by atomic mass is 35.5. The molecule has 126 valence electrons. The lowest BCUT2D eigenvalue weighted by molar-refractivity contribution is -0.146. The van der Waals surface area contributed by atoms with Crippen LogP contribution in [0.3, 0.4) is 0 Å². The Hall–Kier alpha value is -1.94. The molecule has 1 aliphatic heterocycles. The molecule has 0 aromatic heterocycles. The summed E-state index contributed by atoms with van der Waals surface area (Å²) >= 11 is 6.15. The fourth-order valence-electron chi connectivity index (χ4n) is 3.60. The molecule has 0 saturated carbocycles. The molecule has 2 atom stereocenters. The molecule has 24 heavy (non-hydrogen) atoms. The number of carbonyl (C=O) groups excluding carboxylic acids is 2. The van der Waals surface area contributed by atoms with Gasteiger partial charge in [0.05, 0.1) is 6.61 Å². The summed E-state index contributed by atoms with van der Waals surface area (Å²) in [6, 6.07) is 7.36. The van der Waals surface area contributed by atoms with Gasteiger partial charge in [-0.15, -0.1) is 0 Å². The number of halogens is 1. The predicted octanol–water partition coefficient (Wildman–Crippen LogP) is 4.08. The average molecular weight is 346 g/mol. The Balaban J connectivity index is 2.15. The van der Waals surface area contributed by atoms with E-state index in [2.05, 4.69) is 4.99 Å². The van der Waals surface area contributed by atoms with Crippen LogP contribution in [0, 0.1) is 5.92 Å². The molecule has 1 aromatic carbocycles. The minimum atomic E-state index is -0.579. The van der Waals surface area contributed by atoms with E-state index in [4.69, 9.17) is 16.3 Å². The third-order valence-corrected chi connectivity index (χ3v) is 4.82. The van der Waals surface area contributed by atoms with Crippen molar-refractivity contribution in [3.05, 3.63) is 46.1 Å². The molecule has 1 aliphatic carbocycles. The summed E-state index contributed by atoms with van der Waals surface area (Å²) in [5.41, 5.74) is 3.03. The molecule has 4 nitrogen and oxygen atoms in total. The second-order valence-electron chi connectivity index (χ2n) is 6.15. The van der Waals surface area contributed by atoms with E-state index >= 15 is 0 Å². The van der Waals surface area contributed by atoms with Crippen molar-refractivity contribution in [1.29, 1.82) is 0 Å². The van der Waals surface area contributed by atoms with Crippen LogP contribution >= 0.6 is 11.6 Å². The van der Waals surface area contributed by atoms with E-state index < -0.39 is 5.92 Å². The second-order valence-corrected chi connectivity index (χ2v) is 6.59. The lowest BCUT2D eigenvalue weighted by atomic mass is 9.72. The maximum Gasteiger partial charge on any atom is 0.315 e. The highest BCUT2D eigenvalue weighted by molar-refractivity contribution is 6.30. The summed E-state index contributed by atoms with van der Waals surface area (Å²) in [6.45, 7) is 3.91. The van der Waals surface area contributed by atoms with Crippen LogP contribution in [0.25, 0.3) is 0 Å². The molecule has 5 heteroatoms. The minimum Gasteiger partial charge on any atom is -0.465 e. The molecule has 1 heterocycles. The van der Waals surface area contributed by atoms with Crippen molar-refractivity contribution in [3.63, 3.8) is 0 Å². The zero-order valence-electron chi connectivity index (χ0n) is 13.8. The van der Waals surface area contributed by atoms with Crippen molar-refractivity contribution in [2.24, 2.45) is 10.9 Å². The first-order valence-electron chi connectivity index (χ1n) is 8.26. The molecule has 1 aromatic rings. The maximum absolute atomic E-state index is 12.6. The number of ketones is 1. The molecular formula is C19H20ClNO3.